The normalized spacial score (nSPS) is 18.9. The summed E-state index contributed by atoms with van der Waals surface area (Å²) in [6.45, 7) is 6.06. The zero-order valence-corrected chi connectivity index (χ0v) is 18.9. The molecule has 0 heterocycles. The minimum atomic E-state index is -0.105. The van der Waals surface area contributed by atoms with Crippen molar-refractivity contribution in [3.05, 3.63) is 84.2 Å². The van der Waals surface area contributed by atoms with Crippen LogP contribution in [0, 0.1) is 11.7 Å². The summed E-state index contributed by atoms with van der Waals surface area (Å²) in [4.78, 5) is 0. The molecule has 0 nitrogen and oxygen atoms in total. The standard InChI is InChI=1S/C30H35F/c1-3-5-7-22-9-13-24(14-10-22)26-17-19-29-27(21-26)18-20-28(30(29)31)25-15-11-23(12-16-25)8-6-4-2/h4,11-12,15-22,24H,2-3,5-10,13-14H2,1H3/t22-,24-. The van der Waals surface area contributed by atoms with Crippen molar-refractivity contribution in [2.24, 2.45) is 5.92 Å². The smallest absolute Gasteiger partial charge is 0.138 e. The molecule has 3 aromatic rings. The van der Waals surface area contributed by atoms with E-state index in [2.05, 4.69) is 43.8 Å². The van der Waals surface area contributed by atoms with Crippen LogP contribution in [0.15, 0.2) is 67.3 Å². The lowest BCUT2D eigenvalue weighted by molar-refractivity contribution is 0.304. The van der Waals surface area contributed by atoms with E-state index in [9.17, 15) is 0 Å². The van der Waals surface area contributed by atoms with Gasteiger partial charge in [0.2, 0.25) is 0 Å². The molecule has 0 bridgehead atoms. The number of benzene rings is 3. The summed E-state index contributed by atoms with van der Waals surface area (Å²) in [5.41, 5.74) is 4.28. The van der Waals surface area contributed by atoms with Crippen molar-refractivity contribution < 1.29 is 4.39 Å². The molecule has 0 amide bonds. The Morgan fingerprint density at radius 2 is 1.74 bits per heavy atom. The predicted octanol–water partition coefficient (Wildman–Crippen LogP) is 9.23. The molecule has 0 atom stereocenters. The van der Waals surface area contributed by atoms with Gasteiger partial charge in [0.05, 0.1) is 0 Å². The molecule has 3 aromatic carbocycles. The van der Waals surface area contributed by atoms with E-state index >= 15 is 4.39 Å². The van der Waals surface area contributed by atoms with E-state index in [0.717, 1.165) is 35.1 Å². The van der Waals surface area contributed by atoms with Crippen molar-refractivity contribution in [1.82, 2.24) is 0 Å². The average molecular weight is 415 g/mol. The van der Waals surface area contributed by atoms with Crippen LogP contribution in [0.2, 0.25) is 0 Å². The Balaban J connectivity index is 1.51. The van der Waals surface area contributed by atoms with Crippen LogP contribution >= 0.6 is 0 Å². The fourth-order valence-corrected chi connectivity index (χ4v) is 5.18. The molecule has 1 saturated carbocycles. The molecule has 1 aliphatic carbocycles. The molecule has 1 aliphatic rings. The van der Waals surface area contributed by atoms with Crippen LogP contribution in [0.3, 0.4) is 0 Å². The summed E-state index contributed by atoms with van der Waals surface area (Å²) in [5.74, 6) is 1.44. The molecule has 0 spiro atoms. The van der Waals surface area contributed by atoms with E-state index in [1.165, 1.54) is 56.1 Å². The number of allylic oxidation sites excluding steroid dienone is 1. The van der Waals surface area contributed by atoms with Crippen LogP contribution in [-0.4, -0.2) is 0 Å². The molecule has 4 rings (SSSR count). The number of hydrogen-bond acceptors (Lipinski definition) is 0. The molecule has 0 aromatic heterocycles. The van der Waals surface area contributed by atoms with Crippen molar-refractivity contribution in [2.45, 2.75) is 70.6 Å². The van der Waals surface area contributed by atoms with Gasteiger partial charge in [-0.25, -0.2) is 4.39 Å². The average Bonchev–Trinajstić information content (AvgIpc) is 2.82. The Bertz CT molecular complexity index is 1010. The molecular formula is C30H35F. The first kappa shape index (κ1) is 21.8. The Labute approximate surface area is 187 Å². The third kappa shape index (κ3) is 5.09. The zero-order valence-electron chi connectivity index (χ0n) is 18.9. The first-order valence-corrected chi connectivity index (χ1v) is 12.1. The maximum Gasteiger partial charge on any atom is 0.138 e. The number of halogens is 1. The van der Waals surface area contributed by atoms with Crippen LogP contribution in [-0.2, 0) is 6.42 Å². The third-order valence-electron chi connectivity index (χ3n) is 7.16. The van der Waals surface area contributed by atoms with Gasteiger partial charge in [-0.1, -0.05) is 86.9 Å². The van der Waals surface area contributed by atoms with Gasteiger partial charge in [0.25, 0.3) is 0 Å². The maximum atomic E-state index is 15.4. The van der Waals surface area contributed by atoms with E-state index in [0.29, 0.717) is 11.5 Å². The van der Waals surface area contributed by atoms with Gasteiger partial charge < -0.3 is 0 Å². The Hall–Kier alpha value is -2.41. The fraction of sp³-hybridized carbons (Fsp3) is 0.400. The van der Waals surface area contributed by atoms with Crippen molar-refractivity contribution in [1.29, 1.82) is 0 Å². The van der Waals surface area contributed by atoms with Gasteiger partial charge in [-0.3, -0.25) is 0 Å². The first-order chi connectivity index (χ1) is 15.2. The number of aryl methyl sites for hydroxylation is 1. The Morgan fingerprint density at radius 3 is 2.45 bits per heavy atom. The van der Waals surface area contributed by atoms with Gasteiger partial charge in [0.15, 0.2) is 0 Å². The Kier molecular flexibility index (Phi) is 7.22. The minimum Gasteiger partial charge on any atom is -0.206 e. The minimum absolute atomic E-state index is 0.105. The quantitative estimate of drug-likeness (QED) is 0.322. The second-order valence-electron chi connectivity index (χ2n) is 9.29. The Morgan fingerprint density at radius 1 is 0.968 bits per heavy atom. The van der Waals surface area contributed by atoms with E-state index in [1.54, 1.807) is 0 Å². The number of fused-ring (bicyclic) bond motifs is 1. The molecule has 0 radical (unpaired) electrons. The van der Waals surface area contributed by atoms with E-state index in [-0.39, 0.29) is 5.82 Å². The van der Waals surface area contributed by atoms with Crippen molar-refractivity contribution in [3.63, 3.8) is 0 Å². The van der Waals surface area contributed by atoms with Gasteiger partial charge >= 0.3 is 0 Å². The molecule has 0 saturated heterocycles. The molecule has 1 fully saturated rings. The van der Waals surface area contributed by atoms with Gasteiger partial charge in [-0.2, -0.15) is 0 Å². The summed E-state index contributed by atoms with van der Waals surface area (Å²) < 4.78 is 15.4. The maximum absolute atomic E-state index is 15.4. The van der Waals surface area contributed by atoms with Crippen LogP contribution < -0.4 is 0 Å². The van der Waals surface area contributed by atoms with Crippen LogP contribution in [0.5, 0.6) is 0 Å². The zero-order chi connectivity index (χ0) is 21.6. The summed E-state index contributed by atoms with van der Waals surface area (Å²) in [5, 5.41) is 1.75. The molecule has 1 heteroatoms. The van der Waals surface area contributed by atoms with Gasteiger partial charge in [0.1, 0.15) is 5.82 Å². The summed E-state index contributed by atoms with van der Waals surface area (Å²) in [6.07, 6.45) is 13.2. The molecule has 162 valence electrons. The van der Waals surface area contributed by atoms with E-state index in [4.69, 9.17) is 0 Å². The number of rotatable bonds is 8. The van der Waals surface area contributed by atoms with Crippen LogP contribution in [0.4, 0.5) is 4.39 Å². The topological polar surface area (TPSA) is 0 Å². The summed E-state index contributed by atoms with van der Waals surface area (Å²) >= 11 is 0. The number of hydrogen-bond donors (Lipinski definition) is 0. The van der Waals surface area contributed by atoms with Crippen molar-refractivity contribution in [3.8, 4) is 11.1 Å². The highest BCUT2D eigenvalue weighted by Gasteiger charge is 2.22. The number of unbranched alkanes of at least 4 members (excludes halogenated alkanes) is 1. The highest BCUT2D eigenvalue weighted by Crippen LogP contribution is 2.39. The highest BCUT2D eigenvalue weighted by molar-refractivity contribution is 5.89. The fourth-order valence-electron chi connectivity index (χ4n) is 5.18. The van der Waals surface area contributed by atoms with E-state index in [1.807, 2.05) is 30.3 Å². The lowest BCUT2D eigenvalue weighted by atomic mass is 9.77. The lowest BCUT2D eigenvalue weighted by Gasteiger charge is -2.29. The molecular weight excluding hydrogens is 379 g/mol. The lowest BCUT2D eigenvalue weighted by Crippen LogP contribution is -2.13. The summed E-state index contributed by atoms with van der Waals surface area (Å²) in [6, 6.07) is 18.7. The van der Waals surface area contributed by atoms with E-state index < -0.39 is 0 Å². The van der Waals surface area contributed by atoms with Crippen molar-refractivity contribution in [2.75, 3.05) is 0 Å². The molecule has 0 N–H and O–H groups in total. The largest absolute Gasteiger partial charge is 0.206 e. The molecule has 0 unspecified atom stereocenters. The van der Waals surface area contributed by atoms with Gasteiger partial charge in [-0.05, 0) is 72.4 Å². The third-order valence-corrected chi connectivity index (χ3v) is 7.16. The van der Waals surface area contributed by atoms with Gasteiger partial charge in [0, 0.05) is 10.9 Å². The second kappa shape index (κ2) is 10.3. The van der Waals surface area contributed by atoms with Crippen LogP contribution in [0.1, 0.15) is 75.3 Å². The summed E-state index contributed by atoms with van der Waals surface area (Å²) in [7, 11) is 0. The monoisotopic (exact) mass is 414 g/mol. The van der Waals surface area contributed by atoms with Gasteiger partial charge in [-0.15, -0.1) is 6.58 Å². The second-order valence-corrected chi connectivity index (χ2v) is 9.29. The highest BCUT2D eigenvalue weighted by atomic mass is 19.1. The SMILES string of the molecule is C=CCCc1ccc(-c2ccc3cc([C@H]4CC[C@H](CCCC)CC4)ccc3c2F)cc1. The molecule has 31 heavy (non-hydrogen) atoms. The van der Waals surface area contributed by atoms with Crippen LogP contribution in [0.25, 0.3) is 21.9 Å². The molecule has 0 aliphatic heterocycles. The first-order valence-electron chi connectivity index (χ1n) is 12.1. The predicted molar refractivity (Wildman–Crippen MR) is 132 cm³/mol. The van der Waals surface area contributed by atoms with Crippen molar-refractivity contribution >= 4 is 10.8 Å².